The lowest BCUT2D eigenvalue weighted by Crippen LogP contribution is -2.47. The predicted molar refractivity (Wildman–Crippen MR) is 108 cm³/mol. The smallest absolute Gasteiger partial charge is 0.192 e. The SMILES string of the molecule is CC(CBr)(CO[Si](C)(C)C(C)(C)C)CO[Si](C)(C)C(C)(C)C. The van der Waals surface area contributed by atoms with Crippen molar-refractivity contribution in [1.29, 1.82) is 0 Å². The third-order valence-electron chi connectivity index (χ3n) is 5.50. The van der Waals surface area contributed by atoms with Crippen LogP contribution >= 0.6 is 15.9 Å². The third kappa shape index (κ3) is 6.38. The van der Waals surface area contributed by atoms with E-state index in [2.05, 4.69) is 90.6 Å². The molecule has 0 bridgehead atoms. The molecule has 0 aromatic heterocycles. The highest BCUT2D eigenvalue weighted by molar-refractivity contribution is 9.09. The molecule has 0 aliphatic heterocycles. The Kier molecular flexibility index (Phi) is 7.66. The van der Waals surface area contributed by atoms with Crippen molar-refractivity contribution in [3.05, 3.63) is 0 Å². The number of alkyl halides is 1. The first kappa shape index (κ1) is 22.8. The molecular weight excluding hydrogens is 372 g/mol. The topological polar surface area (TPSA) is 18.5 Å². The molecule has 0 rings (SSSR count). The van der Waals surface area contributed by atoms with Crippen molar-refractivity contribution in [2.75, 3.05) is 18.5 Å². The van der Waals surface area contributed by atoms with Gasteiger partial charge in [-0.25, -0.2) is 0 Å². The summed E-state index contributed by atoms with van der Waals surface area (Å²) in [5, 5.41) is 1.41. The van der Waals surface area contributed by atoms with Gasteiger partial charge in [-0.1, -0.05) is 64.4 Å². The first-order valence-corrected chi connectivity index (χ1v) is 15.3. The second-order valence-corrected chi connectivity index (χ2v) is 20.2. The number of rotatable bonds is 7. The largest absolute Gasteiger partial charge is 0.416 e. The summed E-state index contributed by atoms with van der Waals surface area (Å²) in [5.41, 5.74) is 0.0328. The van der Waals surface area contributed by atoms with Gasteiger partial charge in [-0.05, 0) is 36.3 Å². The Morgan fingerprint density at radius 3 is 1.14 bits per heavy atom. The molecule has 0 spiro atoms. The predicted octanol–water partition coefficient (Wildman–Crippen LogP) is 6.43. The van der Waals surface area contributed by atoms with E-state index >= 15 is 0 Å². The monoisotopic (exact) mass is 410 g/mol. The quantitative estimate of drug-likeness (QED) is 0.355. The molecule has 0 aromatic carbocycles. The lowest BCUT2D eigenvalue weighted by molar-refractivity contribution is 0.0997. The van der Waals surface area contributed by atoms with E-state index in [1.165, 1.54) is 0 Å². The van der Waals surface area contributed by atoms with Crippen LogP contribution in [0.2, 0.25) is 36.3 Å². The van der Waals surface area contributed by atoms with Crippen LogP contribution in [0.5, 0.6) is 0 Å². The Bertz CT molecular complexity index is 325. The fourth-order valence-electron chi connectivity index (χ4n) is 1.26. The van der Waals surface area contributed by atoms with Gasteiger partial charge in [0.15, 0.2) is 16.6 Å². The minimum Gasteiger partial charge on any atom is -0.416 e. The number of hydrogen-bond donors (Lipinski definition) is 0. The van der Waals surface area contributed by atoms with Crippen LogP contribution in [0.15, 0.2) is 0 Å². The van der Waals surface area contributed by atoms with E-state index in [9.17, 15) is 0 Å². The summed E-state index contributed by atoms with van der Waals surface area (Å²) in [6.45, 7) is 26.8. The molecule has 0 saturated carbocycles. The van der Waals surface area contributed by atoms with Crippen LogP contribution in [0, 0.1) is 5.41 Å². The second-order valence-electron chi connectivity index (χ2n) is 10.0. The summed E-state index contributed by atoms with van der Waals surface area (Å²) in [6.07, 6.45) is 0. The summed E-state index contributed by atoms with van der Waals surface area (Å²) >= 11 is 3.68. The van der Waals surface area contributed by atoms with Crippen LogP contribution in [0.25, 0.3) is 0 Å². The lowest BCUT2D eigenvalue weighted by atomic mass is 9.97. The highest BCUT2D eigenvalue weighted by Gasteiger charge is 2.41. The van der Waals surface area contributed by atoms with Gasteiger partial charge in [-0.15, -0.1) is 0 Å². The summed E-state index contributed by atoms with van der Waals surface area (Å²) in [5.74, 6) is 0. The molecule has 0 radical (unpaired) electrons. The van der Waals surface area contributed by atoms with Crippen molar-refractivity contribution >= 4 is 32.6 Å². The highest BCUT2D eigenvalue weighted by Crippen LogP contribution is 2.40. The molecule has 0 aliphatic rings. The maximum atomic E-state index is 6.45. The van der Waals surface area contributed by atoms with E-state index in [1.54, 1.807) is 0 Å². The fraction of sp³-hybridized carbons (Fsp3) is 1.00. The molecule has 0 atom stereocenters. The van der Waals surface area contributed by atoms with Crippen LogP contribution in [0.1, 0.15) is 48.5 Å². The Balaban J connectivity index is 4.81. The summed E-state index contributed by atoms with van der Waals surface area (Å²) in [7, 11) is -3.42. The zero-order chi connectivity index (χ0) is 18.0. The second kappa shape index (κ2) is 7.38. The van der Waals surface area contributed by atoms with Gasteiger partial charge in [-0.2, -0.15) is 0 Å². The van der Waals surface area contributed by atoms with Gasteiger partial charge < -0.3 is 8.85 Å². The molecule has 22 heavy (non-hydrogen) atoms. The van der Waals surface area contributed by atoms with Gasteiger partial charge in [-0.3, -0.25) is 0 Å². The van der Waals surface area contributed by atoms with Gasteiger partial charge in [0, 0.05) is 24.0 Å². The molecule has 5 heteroatoms. The van der Waals surface area contributed by atoms with Crippen molar-refractivity contribution in [2.24, 2.45) is 5.41 Å². The van der Waals surface area contributed by atoms with Crippen LogP contribution in [-0.2, 0) is 8.85 Å². The van der Waals surface area contributed by atoms with Gasteiger partial charge >= 0.3 is 0 Å². The van der Waals surface area contributed by atoms with Crippen LogP contribution < -0.4 is 0 Å². The van der Waals surface area contributed by atoms with Gasteiger partial charge in [0.1, 0.15) is 0 Å². The van der Waals surface area contributed by atoms with Gasteiger partial charge in [0.25, 0.3) is 0 Å². The van der Waals surface area contributed by atoms with E-state index in [-0.39, 0.29) is 15.5 Å². The van der Waals surface area contributed by atoms with E-state index in [4.69, 9.17) is 8.85 Å². The van der Waals surface area contributed by atoms with E-state index in [0.29, 0.717) is 0 Å². The highest BCUT2D eigenvalue weighted by atomic mass is 79.9. The van der Waals surface area contributed by atoms with Gasteiger partial charge in [0.05, 0.1) is 0 Å². The summed E-state index contributed by atoms with van der Waals surface area (Å²) < 4.78 is 12.9. The standard InChI is InChI=1S/C17H39BrO2Si2/c1-15(2,3)21(8,9)19-13-17(7,12-18)14-20-22(10,11)16(4,5)6/h12-14H2,1-11H3. The minimum absolute atomic E-state index is 0.0328. The Labute approximate surface area is 150 Å². The normalized spacial score (nSPS) is 15.3. The minimum atomic E-state index is -1.71. The zero-order valence-corrected chi connectivity index (χ0v) is 20.4. The van der Waals surface area contributed by atoms with Crippen LogP contribution in [0.3, 0.4) is 0 Å². The number of halogens is 1. The molecule has 0 unspecified atom stereocenters. The molecule has 134 valence electrons. The average Bonchev–Trinajstić information content (AvgIpc) is 2.31. The summed E-state index contributed by atoms with van der Waals surface area (Å²) in [6, 6.07) is 0. The Morgan fingerprint density at radius 1 is 0.682 bits per heavy atom. The van der Waals surface area contributed by atoms with Crippen molar-refractivity contribution in [2.45, 2.75) is 84.7 Å². The number of hydrogen-bond acceptors (Lipinski definition) is 2. The van der Waals surface area contributed by atoms with Crippen molar-refractivity contribution in [1.82, 2.24) is 0 Å². The maximum absolute atomic E-state index is 6.45. The Hall–Kier alpha value is 0.834. The van der Waals surface area contributed by atoms with E-state index in [1.807, 2.05) is 0 Å². The molecule has 0 heterocycles. The molecular formula is C17H39BrO2Si2. The van der Waals surface area contributed by atoms with Crippen molar-refractivity contribution < 1.29 is 8.85 Å². The first-order valence-electron chi connectivity index (χ1n) is 8.31. The van der Waals surface area contributed by atoms with E-state index in [0.717, 1.165) is 18.5 Å². The first-order chi connectivity index (χ1) is 9.47. The molecule has 2 nitrogen and oxygen atoms in total. The molecule has 0 aliphatic carbocycles. The lowest BCUT2D eigenvalue weighted by Gasteiger charge is -2.42. The zero-order valence-electron chi connectivity index (χ0n) is 16.8. The molecule has 0 saturated heterocycles. The molecule has 0 N–H and O–H groups in total. The van der Waals surface area contributed by atoms with Crippen LogP contribution in [-0.4, -0.2) is 35.2 Å². The third-order valence-corrected chi connectivity index (χ3v) is 15.8. The fourth-order valence-corrected chi connectivity index (χ4v) is 3.87. The molecule has 0 amide bonds. The van der Waals surface area contributed by atoms with Crippen molar-refractivity contribution in [3.8, 4) is 0 Å². The van der Waals surface area contributed by atoms with Crippen LogP contribution in [0.4, 0.5) is 0 Å². The molecule has 0 aromatic rings. The maximum Gasteiger partial charge on any atom is 0.192 e. The average molecular weight is 412 g/mol. The van der Waals surface area contributed by atoms with E-state index < -0.39 is 16.6 Å². The van der Waals surface area contributed by atoms with Gasteiger partial charge in [0.2, 0.25) is 0 Å². The van der Waals surface area contributed by atoms with Crippen molar-refractivity contribution in [3.63, 3.8) is 0 Å². The summed E-state index contributed by atoms with van der Waals surface area (Å²) in [4.78, 5) is 0. The Morgan fingerprint density at radius 2 is 0.955 bits per heavy atom. The molecule has 0 fully saturated rings.